The summed E-state index contributed by atoms with van der Waals surface area (Å²) in [6.07, 6.45) is 11.0. The van der Waals surface area contributed by atoms with E-state index in [1.54, 1.807) is 13.1 Å². The molecule has 5 heteroatoms. The molecule has 126 valence electrons. The Bertz CT molecular complexity index is 605. The predicted octanol–water partition coefficient (Wildman–Crippen LogP) is 2.75. The molecule has 0 spiro atoms. The van der Waals surface area contributed by atoms with Crippen molar-refractivity contribution in [2.24, 2.45) is 13.0 Å². The first-order valence-corrected chi connectivity index (χ1v) is 9.02. The fraction of sp³-hybridized carbons (Fsp3) is 0.722. The molecular weight excluding hydrogens is 290 g/mol. The van der Waals surface area contributed by atoms with Gasteiger partial charge < -0.3 is 4.90 Å². The number of carbonyl (C=O) groups is 1. The van der Waals surface area contributed by atoms with Gasteiger partial charge in [0.2, 0.25) is 0 Å². The highest BCUT2D eigenvalue weighted by Gasteiger charge is 2.33. The zero-order valence-corrected chi connectivity index (χ0v) is 14.0. The molecular formula is C18H27N3O2. The molecule has 5 nitrogen and oxygen atoms in total. The average molecular weight is 317 g/mol. The van der Waals surface area contributed by atoms with Crippen LogP contribution >= 0.6 is 0 Å². The summed E-state index contributed by atoms with van der Waals surface area (Å²) in [6, 6.07) is 3.37. The van der Waals surface area contributed by atoms with Crippen molar-refractivity contribution in [3.8, 4) is 0 Å². The van der Waals surface area contributed by atoms with E-state index < -0.39 is 0 Å². The molecule has 1 aliphatic carbocycles. The molecule has 0 bridgehead atoms. The Labute approximate surface area is 137 Å². The smallest absolute Gasteiger partial charge is 0.274 e. The monoisotopic (exact) mass is 317 g/mol. The minimum absolute atomic E-state index is 0.00178. The summed E-state index contributed by atoms with van der Waals surface area (Å²) in [5, 5.41) is 4.17. The van der Waals surface area contributed by atoms with Crippen LogP contribution in [0.4, 0.5) is 0 Å². The maximum absolute atomic E-state index is 13.0. The van der Waals surface area contributed by atoms with E-state index in [0.29, 0.717) is 17.7 Å². The number of amides is 1. The maximum Gasteiger partial charge on any atom is 0.274 e. The molecule has 1 amide bonds. The number of carbonyl (C=O) groups excluding carboxylic acids is 1. The third kappa shape index (κ3) is 3.65. The number of hydrogen-bond donors (Lipinski definition) is 0. The largest absolute Gasteiger partial charge is 0.334 e. The molecule has 23 heavy (non-hydrogen) atoms. The van der Waals surface area contributed by atoms with Gasteiger partial charge in [0.1, 0.15) is 5.69 Å². The van der Waals surface area contributed by atoms with Crippen molar-refractivity contribution >= 4 is 5.91 Å². The summed E-state index contributed by atoms with van der Waals surface area (Å²) >= 11 is 0. The van der Waals surface area contributed by atoms with E-state index in [-0.39, 0.29) is 11.5 Å². The lowest BCUT2D eigenvalue weighted by molar-refractivity contribution is 0.0566. The fourth-order valence-electron chi connectivity index (χ4n) is 4.16. The van der Waals surface area contributed by atoms with E-state index in [4.69, 9.17) is 0 Å². The van der Waals surface area contributed by atoms with Crippen LogP contribution in [-0.2, 0) is 7.05 Å². The first-order valence-electron chi connectivity index (χ1n) is 9.02. The Morgan fingerprint density at radius 1 is 1.04 bits per heavy atom. The highest BCUT2D eigenvalue weighted by Crippen LogP contribution is 2.33. The number of rotatable bonds is 2. The van der Waals surface area contributed by atoms with Crippen LogP contribution in [0.1, 0.15) is 68.3 Å². The molecule has 0 unspecified atom stereocenters. The molecule has 1 saturated heterocycles. The first-order chi connectivity index (χ1) is 11.2. The lowest BCUT2D eigenvalue weighted by Gasteiger charge is -2.37. The highest BCUT2D eigenvalue weighted by atomic mass is 16.2. The molecule has 0 aromatic carbocycles. The van der Waals surface area contributed by atoms with Crippen molar-refractivity contribution in [1.29, 1.82) is 0 Å². The van der Waals surface area contributed by atoms with Crippen LogP contribution < -0.4 is 5.56 Å². The van der Waals surface area contributed by atoms with Crippen molar-refractivity contribution < 1.29 is 4.79 Å². The number of aromatic nitrogens is 2. The van der Waals surface area contributed by atoms with E-state index in [9.17, 15) is 9.59 Å². The molecule has 2 aliphatic rings. The van der Waals surface area contributed by atoms with E-state index in [0.717, 1.165) is 19.4 Å². The summed E-state index contributed by atoms with van der Waals surface area (Å²) in [6.45, 7) is 0.824. The van der Waals surface area contributed by atoms with E-state index in [2.05, 4.69) is 10.00 Å². The normalized spacial score (nSPS) is 23.5. The van der Waals surface area contributed by atoms with E-state index in [1.165, 1.54) is 55.7 Å². The fourth-order valence-corrected chi connectivity index (χ4v) is 4.16. The zero-order chi connectivity index (χ0) is 16.2. The second kappa shape index (κ2) is 7.28. The van der Waals surface area contributed by atoms with Gasteiger partial charge in [-0.25, -0.2) is 4.68 Å². The quantitative estimate of drug-likeness (QED) is 0.843. The van der Waals surface area contributed by atoms with Crippen molar-refractivity contribution in [1.82, 2.24) is 14.7 Å². The van der Waals surface area contributed by atoms with Gasteiger partial charge in [-0.05, 0) is 37.7 Å². The van der Waals surface area contributed by atoms with Crippen molar-refractivity contribution in [2.45, 2.75) is 63.8 Å². The summed E-state index contributed by atoms with van der Waals surface area (Å²) < 4.78 is 1.25. The summed E-state index contributed by atoms with van der Waals surface area (Å²) in [4.78, 5) is 26.6. The molecule has 3 rings (SSSR count). The lowest BCUT2D eigenvalue weighted by Crippen LogP contribution is -2.45. The van der Waals surface area contributed by atoms with Gasteiger partial charge in [0, 0.05) is 25.7 Å². The molecule has 1 aromatic rings. The highest BCUT2D eigenvalue weighted by molar-refractivity contribution is 5.92. The summed E-state index contributed by atoms with van der Waals surface area (Å²) in [7, 11) is 1.60. The van der Waals surface area contributed by atoms with Crippen LogP contribution in [-0.4, -0.2) is 33.2 Å². The molecule has 0 radical (unpaired) electrons. The second-order valence-electron chi connectivity index (χ2n) is 6.99. The van der Waals surface area contributed by atoms with Crippen molar-refractivity contribution in [3.63, 3.8) is 0 Å². The van der Waals surface area contributed by atoms with Crippen LogP contribution in [0.2, 0.25) is 0 Å². The van der Waals surface area contributed by atoms with E-state index >= 15 is 0 Å². The Morgan fingerprint density at radius 2 is 1.74 bits per heavy atom. The maximum atomic E-state index is 13.0. The Balaban J connectivity index is 1.84. The van der Waals surface area contributed by atoms with Crippen LogP contribution in [0.25, 0.3) is 0 Å². The van der Waals surface area contributed by atoms with E-state index in [1.807, 2.05) is 0 Å². The van der Waals surface area contributed by atoms with Crippen LogP contribution in [0.3, 0.4) is 0 Å². The SMILES string of the molecule is Cn1nc(C(=O)N2CCCCC[C@H]2C2CCCCC2)ccc1=O. The minimum Gasteiger partial charge on any atom is -0.334 e. The van der Waals surface area contributed by atoms with Gasteiger partial charge in [-0.3, -0.25) is 9.59 Å². The first kappa shape index (κ1) is 16.2. The minimum atomic E-state index is -0.179. The molecule has 2 heterocycles. The summed E-state index contributed by atoms with van der Waals surface area (Å²) in [5.41, 5.74) is 0.219. The van der Waals surface area contributed by atoms with Gasteiger partial charge in [-0.15, -0.1) is 0 Å². The van der Waals surface area contributed by atoms with Gasteiger partial charge in [0.15, 0.2) is 0 Å². The van der Waals surface area contributed by atoms with Gasteiger partial charge in [0.05, 0.1) is 0 Å². The number of aryl methyl sites for hydroxylation is 1. The molecule has 0 N–H and O–H groups in total. The zero-order valence-electron chi connectivity index (χ0n) is 14.0. The molecule has 1 saturated carbocycles. The number of likely N-dealkylation sites (tertiary alicyclic amines) is 1. The lowest BCUT2D eigenvalue weighted by atomic mass is 9.81. The van der Waals surface area contributed by atoms with Crippen molar-refractivity contribution in [3.05, 3.63) is 28.2 Å². The second-order valence-corrected chi connectivity index (χ2v) is 6.99. The molecule has 1 aliphatic heterocycles. The summed E-state index contributed by atoms with van der Waals surface area (Å²) in [5.74, 6) is 0.636. The standard InChI is InChI=1S/C18H27N3O2/c1-20-17(22)12-11-15(19-20)18(23)21-13-7-3-6-10-16(21)14-8-4-2-5-9-14/h11-12,14,16H,2-10,13H2,1H3/t16-/m0/s1. The van der Waals surface area contributed by atoms with Crippen LogP contribution in [0.5, 0.6) is 0 Å². The third-order valence-corrected chi connectivity index (χ3v) is 5.43. The number of nitrogens with zero attached hydrogens (tertiary/aromatic N) is 3. The Hall–Kier alpha value is -1.65. The predicted molar refractivity (Wildman–Crippen MR) is 89.3 cm³/mol. The molecule has 1 atom stereocenters. The number of hydrogen-bond acceptors (Lipinski definition) is 3. The average Bonchev–Trinajstić information content (AvgIpc) is 2.83. The Morgan fingerprint density at radius 3 is 2.48 bits per heavy atom. The Kier molecular flexibility index (Phi) is 5.13. The van der Waals surface area contributed by atoms with Crippen LogP contribution in [0.15, 0.2) is 16.9 Å². The molecule has 1 aromatic heterocycles. The van der Waals surface area contributed by atoms with Gasteiger partial charge in [-0.2, -0.15) is 5.10 Å². The third-order valence-electron chi connectivity index (χ3n) is 5.43. The van der Waals surface area contributed by atoms with Gasteiger partial charge >= 0.3 is 0 Å². The van der Waals surface area contributed by atoms with Crippen LogP contribution in [0, 0.1) is 5.92 Å². The van der Waals surface area contributed by atoms with Crippen molar-refractivity contribution in [2.75, 3.05) is 6.54 Å². The van der Waals surface area contributed by atoms with Gasteiger partial charge in [0.25, 0.3) is 11.5 Å². The van der Waals surface area contributed by atoms with Gasteiger partial charge in [-0.1, -0.05) is 32.1 Å². The topological polar surface area (TPSA) is 55.2 Å². The molecule has 2 fully saturated rings.